The van der Waals surface area contributed by atoms with E-state index in [1.54, 1.807) is 12.1 Å². The summed E-state index contributed by atoms with van der Waals surface area (Å²) in [7, 11) is -4.13. The average molecular weight is 215 g/mol. The molecule has 0 atom stereocenters. The molecule has 0 aliphatic heterocycles. The van der Waals surface area contributed by atoms with Gasteiger partial charge >= 0.3 is 0 Å². The van der Waals surface area contributed by atoms with Crippen molar-refractivity contribution in [1.29, 1.82) is 0 Å². The molecular formula is C9H13NO3S. The Labute approximate surface area is 83.6 Å². The van der Waals surface area contributed by atoms with Crippen molar-refractivity contribution < 1.29 is 13.0 Å². The van der Waals surface area contributed by atoms with Crippen molar-refractivity contribution in [3.05, 3.63) is 35.9 Å². The zero-order chi connectivity index (χ0) is 10.1. The van der Waals surface area contributed by atoms with Gasteiger partial charge in [-0.15, -0.1) is 0 Å². The van der Waals surface area contributed by atoms with Crippen molar-refractivity contribution >= 4 is 16.2 Å². The molecule has 14 heavy (non-hydrogen) atoms. The second-order valence-corrected chi connectivity index (χ2v) is 4.11. The Kier molecular flexibility index (Phi) is 4.00. The number of rotatable bonds is 2. The third-order valence-corrected chi connectivity index (χ3v) is 2.59. The molecule has 78 valence electrons. The first-order valence-electron chi connectivity index (χ1n) is 3.65. The molecule has 0 spiro atoms. The Balaban J connectivity index is 0.00000169. The monoisotopic (exact) mass is 215 g/mol. The molecule has 0 unspecified atom stereocenters. The third kappa shape index (κ3) is 2.66. The molecular weight excluding hydrogens is 202 g/mol. The van der Waals surface area contributed by atoms with E-state index in [-0.39, 0.29) is 11.0 Å². The minimum Gasteiger partial charge on any atom is -0.344 e. The van der Waals surface area contributed by atoms with Gasteiger partial charge in [0.15, 0.2) is 0 Å². The van der Waals surface area contributed by atoms with Gasteiger partial charge in [-0.25, -0.2) is 0 Å². The van der Waals surface area contributed by atoms with Crippen molar-refractivity contribution in [1.82, 2.24) is 6.15 Å². The van der Waals surface area contributed by atoms with Crippen molar-refractivity contribution in [2.45, 2.75) is 11.8 Å². The molecule has 1 aromatic rings. The molecule has 0 radical (unpaired) electrons. The molecule has 0 amide bonds. The van der Waals surface area contributed by atoms with Gasteiger partial charge in [-0.3, -0.25) is 4.55 Å². The highest BCUT2D eigenvalue weighted by Crippen LogP contribution is 2.17. The van der Waals surface area contributed by atoms with Crippen LogP contribution in [-0.2, 0) is 10.1 Å². The largest absolute Gasteiger partial charge is 0.344 e. The summed E-state index contributed by atoms with van der Waals surface area (Å²) in [6.07, 6.45) is 1.40. The first kappa shape index (κ1) is 12.8. The highest BCUT2D eigenvalue weighted by atomic mass is 32.2. The van der Waals surface area contributed by atoms with Crippen LogP contribution in [0.1, 0.15) is 11.1 Å². The van der Waals surface area contributed by atoms with Gasteiger partial charge in [0, 0.05) is 0 Å². The number of hydrogen-bond acceptors (Lipinski definition) is 3. The quantitative estimate of drug-likeness (QED) is 0.739. The van der Waals surface area contributed by atoms with Gasteiger partial charge in [0.2, 0.25) is 0 Å². The molecule has 0 aromatic heterocycles. The van der Waals surface area contributed by atoms with Gasteiger partial charge in [-0.05, 0) is 18.6 Å². The Hall–Kier alpha value is -1.17. The lowest BCUT2D eigenvalue weighted by atomic mass is 10.1. The normalized spacial score (nSPS) is 10.4. The van der Waals surface area contributed by atoms with Crippen LogP contribution in [0.15, 0.2) is 29.7 Å². The fourth-order valence-corrected chi connectivity index (χ4v) is 1.74. The number of aryl methyl sites for hydroxylation is 1. The predicted octanol–water partition coefficient (Wildman–Crippen LogP) is 2.05. The van der Waals surface area contributed by atoms with Gasteiger partial charge in [-0.1, -0.05) is 30.4 Å². The maximum atomic E-state index is 10.8. The Morgan fingerprint density at radius 2 is 2.00 bits per heavy atom. The van der Waals surface area contributed by atoms with Crippen LogP contribution in [0, 0.1) is 6.92 Å². The van der Waals surface area contributed by atoms with E-state index in [4.69, 9.17) is 4.55 Å². The van der Waals surface area contributed by atoms with E-state index in [1.807, 2.05) is 6.92 Å². The topological polar surface area (TPSA) is 89.4 Å². The maximum Gasteiger partial charge on any atom is 0.295 e. The molecule has 0 saturated heterocycles. The fourth-order valence-electron chi connectivity index (χ4n) is 1.06. The molecule has 0 saturated carbocycles. The first-order chi connectivity index (χ1) is 5.95. The zero-order valence-electron chi connectivity index (χ0n) is 7.90. The lowest BCUT2D eigenvalue weighted by Crippen LogP contribution is -2.00. The highest BCUT2D eigenvalue weighted by Gasteiger charge is 2.12. The maximum absolute atomic E-state index is 10.8. The number of hydrogen-bond donors (Lipinski definition) is 2. The molecule has 0 fully saturated rings. The summed E-state index contributed by atoms with van der Waals surface area (Å²) in [5.41, 5.74) is 1.34. The van der Waals surface area contributed by atoms with Crippen LogP contribution in [0.4, 0.5) is 0 Å². The van der Waals surface area contributed by atoms with E-state index in [0.29, 0.717) is 5.56 Å². The summed E-state index contributed by atoms with van der Waals surface area (Å²) in [4.78, 5) is -0.104. The van der Waals surface area contributed by atoms with Crippen LogP contribution < -0.4 is 6.15 Å². The standard InChI is InChI=1S/C9H10O3S.H3N/c1-3-8-6-7(2)4-5-9(8)13(10,11)12;/h3-6H,1H2,2H3,(H,10,11,12);1H3. The van der Waals surface area contributed by atoms with Crippen molar-refractivity contribution in [3.63, 3.8) is 0 Å². The molecule has 0 aliphatic carbocycles. The molecule has 0 aliphatic rings. The van der Waals surface area contributed by atoms with Crippen LogP contribution in [0.25, 0.3) is 6.08 Å². The van der Waals surface area contributed by atoms with Crippen molar-refractivity contribution in [2.24, 2.45) is 0 Å². The molecule has 4 nitrogen and oxygen atoms in total. The van der Waals surface area contributed by atoms with Crippen LogP contribution in [0.2, 0.25) is 0 Å². The molecule has 0 heterocycles. The highest BCUT2D eigenvalue weighted by molar-refractivity contribution is 7.85. The van der Waals surface area contributed by atoms with E-state index in [2.05, 4.69) is 6.58 Å². The average Bonchev–Trinajstić information content (AvgIpc) is 2.01. The summed E-state index contributed by atoms with van der Waals surface area (Å²) in [5.74, 6) is 0. The molecule has 5 heteroatoms. The van der Waals surface area contributed by atoms with Gasteiger partial charge in [-0.2, -0.15) is 8.42 Å². The van der Waals surface area contributed by atoms with E-state index in [1.165, 1.54) is 12.1 Å². The number of benzene rings is 1. The lowest BCUT2D eigenvalue weighted by molar-refractivity contribution is 0.483. The van der Waals surface area contributed by atoms with E-state index >= 15 is 0 Å². The van der Waals surface area contributed by atoms with Crippen LogP contribution >= 0.6 is 0 Å². The summed E-state index contributed by atoms with van der Waals surface area (Å²) in [5, 5.41) is 0. The van der Waals surface area contributed by atoms with Crippen molar-refractivity contribution in [2.75, 3.05) is 0 Å². The summed E-state index contributed by atoms with van der Waals surface area (Å²) in [6, 6.07) is 4.63. The molecule has 1 aromatic carbocycles. The zero-order valence-corrected chi connectivity index (χ0v) is 8.71. The summed E-state index contributed by atoms with van der Waals surface area (Å²) >= 11 is 0. The van der Waals surface area contributed by atoms with Gasteiger partial charge in [0.1, 0.15) is 4.90 Å². The fraction of sp³-hybridized carbons (Fsp3) is 0.111. The van der Waals surface area contributed by atoms with Gasteiger partial charge < -0.3 is 6.15 Å². The van der Waals surface area contributed by atoms with E-state index in [9.17, 15) is 8.42 Å². The van der Waals surface area contributed by atoms with Gasteiger partial charge in [0.25, 0.3) is 10.1 Å². The second-order valence-electron chi connectivity index (χ2n) is 2.72. The minimum absolute atomic E-state index is 0. The first-order valence-corrected chi connectivity index (χ1v) is 5.10. The van der Waals surface area contributed by atoms with Crippen LogP contribution in [0.3, 0.4) is 0 Å². The lowest BCUT2D eigenvalue weighted by Gasteiger charge is -2.02. The predicted molar refractivity (Wildman–Crippen MR) is 56.1 cm³/mol. The van der Waals surface area contributed by atoms with Gasteiger partial charge in [0.05, 0.1) is 0 Å². The molecule has 4 N–H and O–H groups in total. The van der Waals surface area contributed by atoms with Crippen LogP contribution in [0.5, 0.6) is 0 Å². The Morgan fingerprint density at radius 1 is 1.43 bits per heavy atom. The Bertz CT molecular complexity index is 437. The van der Waals surface area contributed by atoms with E-state index in [0.717, 1.165) is 5.56 Å². The van der Waals surface area contributed by atoms with Crippen LogP contribution in [-0.4, -0.2) is 13.0 Å². The SMILES string of the molecule is C=Cc1cc(C)ccc1S(=O)(=O)O.N. The molecule has 0 bridgehead atoms. The van der Waals surface area contributed by atoms with E-state index < -0.39 is 10.1 Å². The summed E-state index contributed by atoms with van der Waals surface area (Å²) < 4.78 is 30.5. The third-order valence-electron chi connectivity index (χ3n) is 1.66. The summed E-state index contributed by atoms with van der Waals surface area (Å²) in [6.45, 7) is 5.30. The smallest absolute Gasteiger partial charge is 0.295 e. The molecule has 1 rings (SSSR count). The van der Waals surface area contributed by atoms with Crippen molar-refractivity contribution in [3.8, 4) is 0 Å². The second kappa shape index (κ2) is 4.36. The Morgan fingerprint density at radius 3 is 2.43 bits per heavy atom. The minimum atomic E-state index is -4.13.